The van der Waals surface area contributed by atoms with E-state index in [2.05, 4.69) is 86.4 Å². The predicted octanol–water partition coefficient (Wildman–Crippen LogP) is 4.19. The lowest BCUT2D eigenvalue weighted by atomic mass is 9.99. The molecule has 19 heavy (non-hydrogen) atoms. The maximum atomic E-state index is 5.71. The third-order valence-corrected chi connectivity index (χ3v) is 4.49. The molecule has 0 aliphatic carbocycles. The first-order valence-electron chi connectivity index (χ1n) is 6.15. The Hall–Kier alpha value is -0.430. The van der Waals surface area contributed by atoms with Crippen LogP contribution in [0.4, 0.5) is 0 Å². The highest BCUT2D eigenvalue weighted by atomic mass is 127. The van der Waals surface area contributed by atoms with Crippen LogP contribution in [-0.2, 0) is 6.42 Å². The second-order valence-corrected chi connectivity index (χ2v) is 6.51. The van der Waals surface area contributed by atoms with Gasteiger partial charge in [0.2, 0.25) is 0 Å². The van der Waals surface area contributed by atoms with Crippen LogP contribution < -0.4 is 11.3 Å². The van der Waals surface area contributed by atoms with Gasteiger partial charge in [-0.15, -0.1) is 0 Å². The second-order valence-electron chi connectivity index (χ2n) is 4.41. The van der Waals surface area contributed by atoms with E-state index in [4.69, 9.17) is 5.84 Å². The molecule has 0 aliphatic heterocycles. The summed E-state index contributed by atoms with van der Waals surface area (Å²) in [5, 5.41) is 0. The van der Waals surface area contributed by atoms with Crippen molar-refractivity contribution in [2.75, 3.05) is 0 Å². The summed E-state index contributed by atoms with van der Waals surface area (Å²) in [6.07, 6.45) is 1.98. The molecule has 3 N–H and O–H groups in total. The smallest absolute Gasteiger partial charge is 0.0474 e. The van der Waals surface area contributed by atoms with E-state index in [0.29, 0.717) is 0 Å². The molecule has 0 fully saturated rings. The van der Waals surface area contributed by atoms with E-state index in [9.17, 15) is 0 Å². The summed E-state index contributed by atoms with van der Waals surface area (Å²) in [6.45, 7) is 0. The Morgan fingerprint density at radius 3 is 2.58 bits per heavy atom. The zero-order chi connectivity index (χ0) is 13.7. The summed E-state index contributed by atoms with van der Waals surface area (Å²) >= 11 is 5.92. The minimum Gasteiger partial charge on any atom is -0.271 e. The number of nitrogens with two attached hydrogens (primary N) is 1. The zero-order valence-electron chi connectivity index (χ0n) is 10.4. The van der Waals surface area contributed by atoms with Crippen LogP contribution >= 0.6 is 38.5 Å². The summed E-state index contributed by atoms with van der Waals surface area (Å²) < 4.78 is 2.32. The van der Waals surface area contributed by atoms with E-state index in [-0.39, 0.29) is 6.04 Å². The summed E-state index contributed by atoms with van der Waals surface area (Å²) in [6, 6.07) is 17.0. The molecule has 0 radical (unpaired) electrons. The molecule has 2 aromatic carbocycles. The van der Waals surface area contributed by atoms with Gasteiger partial charge in [0, 0.05) is 14.1 Å². The maximum absolute atomic E-state index is 5.71. The Morgan fingerprint density at radius 1 is 1.16 bits per heavy atom. The fraction of sp³-hybridized carbons (Fsp3) is 0.200. The Bertz CT molecular complexity index is 531. The minimum absolute atomic E-state index is 0.157. The number of aryl methyl sites for hydroxylation is 1. The van der Waals surface area contributed by atoms with Gasteiger partial charge in [-0.1, -0.05) is 46.3 Å². The van der Waals surface area contributed by atoms with Gasteiger partial charge in [0.05, 0.1) is 0 Å². The van der Waals surface area contributed by atoms with Gasteiger partial charge in [-0.05, 0) is 64.8 Å². The molecule has 1 atom stereocenters. The van der Waals surface area contributed by atoms with Crippen LogP contribution in [-0.4, -0.2) is 0 Å². The van der Waals surface area contributed by atoms with Gasteiger partial charge in [0.1, 0.15) is 0 Å². The van der Waals surface area contributed by atoms with Crippen molar-refractivity contribution in [1.29, 1.82) is 0 Å². The Morgan fingerprint density at radius 2 is 1.89 bits per heavy atom. The van der Waals surface area contributed by atoms with Crippen molar-refractivity contribution in [2.24, 2.45) is 5.84 Å². The first-order valence-corrected chi connectivity index (χ1v) is 8.03. The van der Waals surface area contributed by atoms with E-state index in [1.165, 1.54) is 14.7 Å². The normalized spacial score (nSPS) is 12.4. The van der Waals surface area contributed by atoms with E-state index < -0.39 is 0 Å². The van der Waals surface area contributed by atoms with Crippen molar-refractivity contribution in [2.45, 2.75) is 18.9 Å². The van der Waals surface area contributed by atoms with Gasteiger partial charge >= 0.3 is 0 Å². The molecule has 0 aliphatic rings. The molecule has 2 aromatic rings. The van der Waals surface area contributed by atoms with Crippen LogP contribution in [0.15, 0.2) is 53.0 Å². The SMILES string of the molecule is NNC(CCc1ccccc1)c1cc(I)ccc1Br. The molecule has 2 nitrogen and oxygen atoms in total. The van der Waals surface area contributed by atoms with Crippen LogP contribution in [0.2, 0.25) is 0 Å². The monoisotopic (exact) mass is 430 g/mol. The van der Waals surface area contributed by atoms with Gasteiger partial charge in [-0.3, -0.25) is 11.3 Å². The summed E-state index contributed by atoms with van der Waals surface area (Å²) in [5.74, 6) is 5.71. The topological polar surface area (TPSA) is 38.0 Å². The lowest BCUT2D eigenvalue weighted by Gasteiger charge is -2.18. The number of benzene rings is 2. The highest BCUT2D eigenvalue weighted by Gasteiger charge is 2.13. The molecule has 0 aromatic heterocycles. The van der Waals surface area contributed by atoms with Crippen molar-refractivity contribution in [3.8, 4) is 0 Å². The highest BCUT2D eigenvalue weighted by molar-refractivity contribution is 14.1. The molecule has 0 saturated heterocycles. The van der Waals surface area contributed by atoms with Crippen LogP contribution in [0.3, 0.4) is 0 Å². The second kappa shape index (κ2) is 7.38. The quantitative estimate of drug-likeness (QED) is 0.424. The Balaban J connectivity index is 2.10. The Kier molecular flexibility index (Phi) is 5.81. The fourth-order valence-corrected chi connectivity index (χ4v) is 3.10. The van der Waals surface area contributed by atoms with Gasteiger partial charge in [0.15, 0.2) is 0 Å². The van der Waals surface area contributed by atoms with Crippen molar-refractivity contribution in [1.82, 2.24) is 5.43 Å². The number of hydrogen-bond acceptors (Lipinski definition) is 2. The lowest BCUT2D eigenvalue weighted by Crippen LogP contribution is -2.28. The molecule has 0 amide bonds. The van der Waals surface area contributed by atoms with Crippen LogP contribution in [0.5, 0.6) is 0 Å². The molecule has 100 valence electrons. The fourth-order valence-electron chi connectivity index (χ4n) is 2.07. The number of hydrazine groups is 1. The van der Waals surface area contributed by atoms with Crippen molar-refractivity contribution in [3.05, 3.63) is 67.7 Å². The molecular weight excluding hydrogens is 415 g/mol. The number of nitrogens with one attached hydrogen (secondary N) is 1. The average Bonchev–Trinajstić information content (AvgIpc) is 2.44. The van der Waals surface area contributed by atoms with E-state index >= 15 is 0 Å². The standard InChI is InChI=1S/C15H16BrIN2/c16-14-8-7-12(17)10-13(14)15(19-18)9-6-11-4-2-1-3-5-11/h1-5,7-8,10,15,19H,6,9,18H2. The minimum atomic E-state index is 0.157. The summed E-state index contributed by atoms with van der Waals surface area (Å²) in [5.41, 5.74) is 5.47. The van der Waals surface area contributed by atoms with Gasteiger partial charge < -0.3 is 0 Å². The van der Waals surface area contributed by atoms with Crippen LogP contribution in [0.25, 0.3) is 0 Å². The molecule has 0 bridgehead atoms. The average molecular weight is 431 g/mol. The molecule has 0 heterocycles. The number of hydrogen-bond donors (Lipinski definition) is 2. The van der Waals surface area contributed by atoms with E-state index in [1.54, 1.807) is 0 Å². The largest absolute Gasteiger partial charge is 0.271 e. The maximum Gasteiger partial charge on any atom is 0.0474 e. The highest BCUT2D eigenvalue weighted by Crippen LogP contribution is 2.28. The lowest BCUT2D eigenvalue weighted by molar-refractivity contribution is 0.514. The van der Waals surface area contributed by atoms with Crippen molar-refractivity contribution >= 4 is 38.5 Å². The molecular formula is C15H16BrIN2. The predicted molar refractivity (Wildman–Crippen MR) is 91.7 cm³/mol. The Labute approximate surface area is 136 Å². The third-order valence-electron chi connectivity index (χ3n) is 3.10. The molecule has 0 spiro atoms. The summed E-state index contributed by atoms with van der Waals surface area (Å²) in [4.78, 5) is 0. The first kappa shape index (κ1) is 15.0. The van der Waals surface area contributed by atoms with E-state index in [0.717, 1.165) is 17.3 Å². The van der Waals surface area contributed by atoms with Gasteiger partial charge in [-0.25, -0.2) is 0 Å². The van der Waals surface area contributed by atoms with Crippen molar-refractivity contribution in [3.63, 3.8) is 0 Å². The molecule has 2 rings (SSSR count). The van der Waals surface area contributed by atoms with Gasteiger partial charge in [-0.2, -0.15) is 0 Å². The molecule has 0 saturated carbocycles. The van der Waals surface area contributed by atoms with Crippen LogP contribution in [0.1, 0.15) is 23.6 Å². The van der Waals surface area contributed by atoms with E-state index in [1.807, 2.05) is 6.07 Å². The van der Waals surface area contributed by atoms with Gasteiger partial charge in [0.25, 0.3) is 0 Å². The molecule has 1 unspecified atom stereocenters. The number of halogens is 2. The summed E-state index contributed by atoms with van der Waals surface area (Å²) in [7, 11) is 0. The zero-order valence-corrected chi connectivity index (χ0v) is 14.2. The van der Waals surface area contributed by atoms with Crippen LogP contribution in [0, 0.1) is 3.57 Å². The first-order chi connectivity index (χ1) is 9.20. The van der Waals surface area contributed by atoms with Crippen molar-refractivity contribution < 1.29 is 0 Å². The third kappa shape index (κ3) is 4.27. The molecule has 4 heteroatoms. The number of rotatable bonds is 5.